The van der Waals surface area contributed by atoms with E-state index in [0.717, 1.165) is 57.8 Å². The van der Waals surface area contributed by atoms with Gasteiger partial charge >= 0.3 is 5.97 Å². The molecular formula is C65H125NO5. The van der Waals surface area contributed by atoms with E-state index in [9.17, 15) is 19.8 Å². The molecule has 0 aromatic rings. The second-order valence-electron chi connectivity index (χ2n) is 22.1. The first kappa shape index (κ1) is 69.3. The molecule has 420 valence electrons. The van der Waals surface area contributed by atoms with Crippen LogP contribution in [0.1, 0.15) is 354 Å². The number of aliphatic hydroxyl groups excluding tert-OH is 2. The minimum absolute atomic E-state index is 0.00420. The summed E-state index contributed by atoms with van der Waals surface area (Å²) in [4.78, 5) is 24.6. The van der Waals surface area contributed by atoms with Crippen LogP contribution in [0.25, 0.3) is 0 Å². The number of allylic oxidation sites excluding steroid dienone is 4. The first-order chi connectivity index (χ1) is 35.0. The van der Waals surface area contributed by atoms with Crippen molar-refractivity contribution < 1.29 is 24.5 Å². The molecule has 6 heteroatoms. The van der Waals surface area contributed by atoms with Crippen molar-refractivity contribution in [3.63, 3.8) is 0 Å². The number of nitrogens with one attached hydrogen (secondary N) is 1. The molecule has 71 heavy (non-hydrogen) atoms. The molecule has 1 amide bonds. The van der Waals surface area contributed by atoms with Crippen molar-refractivity contribution in [1.82, 2.24) is 5.32 Å². The minimum atomic E-state index is -0.674. The Kier molecular flexibility index (Phi) is 59.5. The number of rotatable bonds is 60. The van der Waals surface area contributed by atoms with Crippen molar-refractivity contribution in [3.05, 3.63) is 24.3 Å². The Labute approximate surface area is 443 Å². The van der Waals surface area contributed by atoms with Crippen LogP contribution in [0.2, 0.25) is 0 Å². The van der Waals surface area contributed by atoms with Gasteiger partial charge in [0.05, 0.1) is 25.4 Å². The van der Waals surface area contributed by atoms with Gasteiger partial charge in [0.1, 0.15) is 0 Å². The molecule has 0 saturated carbocycles. The highest BCUT2D eigenvalue weighted by Gasteiger charge is 2.20. The zero-order valence-corrected chi connectivity index (χ0v) is 48.0. The Morgan fingerprint density at radius 3 is 1.00 bits per heavy atom. The third kappa shape index (κ3) is 57.5. The van der Waals surface area contributed by atoms with E-state index in [1.54, 1.807) is 0 Å². The molecule has 0 bridgehead atoms. The number of esters is 1. The fraction of sp³-hybridized carbons (Fsp3) is 0.908. The first-order valence-electron chi connectivity index (χ1n) is 32.1. The second-order valence-corrected chi connectivity index (χ2v) is 22.1. The lowest BCUT2D eigenvalue weighted by molar-refractivity contribution is -0.143. The lowest BCUT2D eigenvalue weighted by Crippen LogP contribution is -2.45. The van der Waals surface area contributed by atoms with Gasteiger partial charge in [-0.2, -0.15) is 0 Å². The number of carbonyl (C=O) groups excluding carboxylic acids is 2. The van der Waals surface area contributed by atoms with Gasteiger partial charge in [0.25, 0.3) is 0 Å². The van der Waals surface area contributed by atoms with Gasteiger partial charge in [0.2, 0.25) is 5.91 Å². The van der Waals surface area contributed by atoms with Crippen molar-refractivity contribution in [1.29, 1.82) is 0 Å². The van der Waals surface area contributed by atoms with Gasteiger partial charge in [-0.15, -0.1) is 0 Å². The van der Waals surface area contributed by atoms with E-state index in [0.29, 0.717) is 25.9 Å². The smallest absolute Gasteiger partial charge is 0.305 e. The van der Waals surface area contributed by atoms with E-state index in [4.69, 9.17) is 4.74 Å². The van der Waals surface area contributed by atoms with Crippen LogP contribution < -0.4 is 5.32 Å². The zero-order valence-electron chi connectivity index (χ0n) is 48.0. The van der Waals surface area contributed by atoms with E-state index in [2.05, 4.69) is 43.5 Å². The van der Waals surface area contributed by atoms with Gasteiger partial charge in [0, 0.05) is 12.8 Å². The summed E-state index contributed by atoms with van der Waals surface area (Å²) in [6.45, 7) is 4.96. The van der Waals surface area contributed by atoms with Gasteiger partial charge < -0.3 is 20.3 Å². The molecule has 0 spiro atoms. The zero-order chi connectivity index (χ0) is 51.4. The summed E-state index contributed by atoms with van der Waals surface area (Å²) in [5.74, 6) is -0.0503. The summed E-state index contributed by atoms with van der Waals surface area (Å²) in [7, 11) is 0. The van der Waals surface area contributed by atoms with E-state index in [-0.39, 0.29) is 18.5 Å². The molecule has 6 nitrogen and oxygen atoms in total. The van der Waals surface area contributed by atoms with Crippen LogP contribution in [0, 0.1) is 0 Å². The van der Waals surface area contributed by atoms with Crippen LogP contribution in [0.5, 0.6) is 0 Å². The highest BCUT2D eigenvalue weighted by atomic mass is 16.5. The predicted octanol–water partition coefficient (Wildman–Crippen LogP) is 20.2. The Balaban J connectivity index is 3.45. The maximum atomic E-state index is 12.5. The van der Waals surface area contributed by atoms with Gasteiger partial charge in [0.15, 0.2) is 0 Å². The summed E-state index contributed by atoms with van der Waals surface area (Å²) in [5, 5.41) is 23.4. The van der Waals surface area contributed by atoms with Gasteiger partial charge in [-0.25, -0.2) is 0 Å². The molecule has 0 aliphatic heterocycles. The summed E-state index contributed by atoms with van der Waals surface area (Å²) in [6.07, 6.45) is 74.7. The fourth-order valence-electron chi connectivity index (χ4n) is 10.0. The molecule has 0 rings (SSSR count). The highest BCUT2D eigenvalue weighted by molar-refractivity contribution is 5.76. The number of carbonyl (C=O) groups is 2. The topological polar surface area (TPSA) is 95.9 Å². The number of hydrogen-bond donors (Lipinski definition) is 3. The van der Waals surface area contributed by atoms with Gasteiger partial charge in [-0.05, 0) is 77.0 Å². The number of hydrogen-bond acceptors (Lipinski definition) is 5. The summed E-state index contributed by atoms with van der Waals surface area (Å²) in [5.41, 5.74) is 0. The monoisotopic (exact) mass is 1000 g/mol. The Morgan fingerprint density at radius 2 is 0.662 bits per heavy atom. The largest absolute Gasteiger partial charge is 0.466 e. The van der Waals surface area contributed by atoms with Crippen molar-refractivity contribution in [3.8, 4) is 0 Å². The molecule has 0 radical (unpaired) electrons. The SMILES string of the molecule is CCCCCCCC/C=C\CCCCCCCC(=O)OCCCCCCCCCCC/C=C\CCCCCCCC(=O)NC(CO)C(O)CCCCCCCCCCCCCCCCCCCCCCC. The molecule has 0 aliphatic rings. The van der Waals surface area contributed by atoms with Crippen molar-refractivity contribution >= 4 is 11.9 Å². The van der Waals surface area contributed by atoms with E-state index in [1.165, 1.54) is 263 Å². The number of ether oxygens (including phenoxy) is 1. The van der Waals surface area contributed by atoms with Crippen molar-refractivity contribution in [2.24, 2.45) is 0 Å². The molecule has 0 aromatic heterocycles. The molecule has 0 heterocycles. The van der Waals surface area contributed by atoms with Crippen LogP contribution in [-0.2, 0) is 14.3 Å². The van der Waals surface area contributed by atoms with E-state index >= 15 is 0 Å². The highest BCUT2D eigenvalue weighted by Crippen LogP contribution is 2.18. The molecule has 2 unspecified atom stereocenters. The summed E-state index contributed by atoms with van der Waals surface area (Å²) < 4.78 is 5.48. The maximum Gasteiger partial charge on any atom is 0.305 e. The van der Waals surface area contributed by atoms with E-state index < -0.39 is 12.1 Å². The Hall–Kier alpha value is -1.66. The summed E-state index contributed by atoms with van der Waals surface area (Å²) >= 11 is 0. The second kappa shape index (κ2) is 60.9. The average Bonchev–Trinajstić information content (AvgIpc) is 3.37. The summed E-state index contributed by atoms with van der Waals surface area (Å²) in [6, 6.07) is -0.553. The van der Waals surface area contributed by atoms with E-state index in [1.807, 2.05) is 0 Å². The van der Waals surface area contributed by atoms with Crippen LogP contribution in [0.4, 0.5) is 0 Å². The quantitative estimate of drug-likeness (QED) is 0.0320. The molecule has 0 saturated heterocycles. The molecule has 0 aromatic carbocycles. The third-order valence-corrected chi connectivity index (χ3v) is 15.0. The standard InChI is InChI=1S/C65H125NO5/c1-3-5-7-9-11-13-15-17-19-20-21-22-23-26-30-33-37-41-45-49-53-57-63(68)62(61-67)66-64(69)58-54-50-46-42-38-34-31-27-24-25-28-32-36-40-44-48-52-56-60-71-65(70)59-55-51-47-43-39-35-29-18-16-14-12-10-8-6-4-2/h18,27,29,31,62-63,67-68H,3-17,19-26,28,30,32-61H2,1-2H3,(H,66,69)/b29-18-,31-27-. The van der Waals surface area contributed by atoms with Gasteiger partial charge in [-0.1, -0.05) is 289 Å². The fourth-order valence-corrected chi connectivity index (χ4v) is 10.0. The Bertz CT molecular complexity index is 1110. The normalized spacial score (nSPS) is 12.7. The number of unbranched alkanes of at least 4 members (excludes halogenated alkanes) is 45. The molecule has 0 aliphatic carbocycles. The van der Waals surface area contributed by atoms with Crippen LogP contribution in [-0.4, -0.2) is 47.4 Å². The average molecular weight is 1000 g/mol. The predicted molar refractivity (Wildman–Crippen MR) is 310 cm³/mol. The van der Waals surface area contributed by atoms with Crippen molar-refractivity contribution in [2.75, 3.05) is 13.2 Å². The van der Waals surface area contributed by atoms with Crippen LogP contribution >= 0.6 is 0 Å². The number of aliphatic hydroxyl groups is 2. The molecule has 3 N–H and O–H groups in total. The lowest BCUT2D eigenvalue weighted by atomic mass is 10.0. The van der Waals surface area contributed by atoms with Crippen LogP contribution in [0.15, 0.2) is 24.3 Å². The molecule has 2 atom stereocenters. The minimum Gasteiger partial charge on any atom is -0.466 e. The number of amides is 1. The Morgan fingerprint density at radius 1 is 0.380 bits per heavy atom. The maximum absolute atomic E-state index is 12.5. The van der Waals surface area contributed by atoms with Gasteiger partial charge in [-0.3, -0.25) is 9.59 Å². The molecule has 0 fully saturated rings. The first-order valence-corrected chi connectivity index (χ1v) is 32.1. The van der Waals surface area contributed by atoms with Crippen molar-refractivity contribution in [2.45, 2.75) is 366 Å². The lowest BCUT2D eigenvalue weighted by Gasteiger charge is -2.22. The molecular weight excluding hydrogens is 875 g/mol. The van der Waals surface area contributed by atoms with Crippen LogP contribution in [0.3, 0.4) is 0 Å². The third-order valence-electron chi connectivity index (χ3n) is 15.0.